The number of halogens is 2. The van der Waals surface area contributed by atoms with Crippen molar-refractivity contribution >= 4 is 21.6 Å². The normalized spacial score (nSPS) is 9.81. The Morgan fingerprint density at radius 2 is 2.12 bits per heavy atom. The van der Waals surface area contributed by atoms with Crippen molar-refractivity contribution in [3.63, 3.8) is 0 Å². The molecule has 0 radical (unpaired) electrons. The van der Waals surface area contributed by atoms with Crippen molar-refractivity contribution in [3.05, 3.63) is 28.5 Å². The largest absolute Gasteiger partial charge is 0.385 e. The van der Waals surface area contributed by atoms with Crippen LogP contribution in [0, 0.1) is 17.1 Å². The van der Waals surface area contributed by atoms with Gasteiger partial charge in [0.1, 0.15) is 5.82 Å². The lowest BCUT2D eigenvalue weighted by atomic mass is 10.2. The van der Waals surface area contributed by atoms with E-state index in [1.165, 1.54) is 6.07 Å². The zero-order valence-electron chi connectivity index (χ0n) is 8.97. The average molecular weight is 285 g/mol. The van der Waals surface area contributed by atoms with E-state index in [2.05, 4.69) is 27.3 Å². The van der Waals surface area contributed by atoms with E-state index in [1.54, 1.807) is 12.1 Å². The second-order valence-corrected chi connectivity index (χ2v) is 4.38. The number of benzene rings is 1. The summed E-state index contributed by atoms with van der Waals surface area (Å²) in [5.74, 6) is -0.250. The quantitative estimate of drug-likeness (QED) is 0.799. The van der Waals surface area contributed by atoms with Crippen LogP contribution in [0.3, 0.4) is 0 Å². The fourth-order valence-corrected chi connectivity index (χ4v) is 1.72. The number of hydrogen-bond acceptors (Lipinski definition) is 2. The summed E-state index contributed by atoms with van der Waals surface area (Å²) in [6.07, 6.45) is 3.65. The third kappa shape index (κ3) is 4.63. The molecule has 0 fully saturated rings. The molecule has 1 N–H and O–H groups in total. The molecule has 0 aromatic heterocycles. The van der Waals surface area contributed by atoms with Crippen LogP contribution in [-0.2, 0) is 0 Å². The number of nitrogens with zero attached hydrogens (tertiary/aromatic N) is 1. The minimum absolute atomic E-state index is 0.250. The molecule has 1 aromatic rings. The highest BCUT2D eigenvalue weighted by Crippen LogP contribution is 2.19. The van der Waals surface area contributed by atoms with Gasteiger partial charge >= 0.3 is 0 Å². The molecule has 0 saturated heterocycles. The fraction of sp³-hybridized carbons (Fsp3) is 0.417. The zero-order valence-corrected chi connectivity index (χ0v) is 10.6. The topological polar surface area (TPSA) is 35.8 Å². The highest BCUT2D eigenvalue weighted by molar-refractivity contribution is 9.10. The monoisotopic (exact) mass is 284 g/mol. The summed E-state index contributed by atoms with van der Waals surface area (Å²) in [6, 6.07) is 7.00. The number of unbranched alkanes of at least 4 members (excludes halogenated alkanes) is 3. The minimum Gasteiger partial charge on any atom is -0.385 e. The zero-order chi connectivity index (χ0) is 11.8. The average Bonchev–Trinajstić information content (AvgIpc) is 2.28. The predicted molar refractivity (Wildman–Crippen MR) is 66.7 cm³/mol. The summed E-state index contributed by atoms with van der Waals surface area (Å²) < 4.78 is 13.4. The molecule has 4 heteroatoms. The first-order valence-electron chi connectivity index (χ1n) is 5.30. The number of nitriles is 1. The molecule has 0 spiro atoms. The highest BCUT2D eigenvalue weighted by atomic mass is 79.9. The van der Waals surface area contributed by atoms with Crippen LogP contribution in [0.2, 0.25) is 0 Å². The van der Waals surface area contributed by atoms with Gasteiger partial charge in [-0.1, -0.05) is 6.42 Å². The van der Waals surface area contributed by atoms with Gasteiger partial charge in [0.2, 0.25) is 0 Å². The molecule has 1 aromatic carbocycles. The lowest BCUT2D eigenvalue weighted by Gasteiger charge is -2.06. The van der Waals surface area contributed by atoms with Gasteiger partial charge in [0.15, 0.2) is 0 Å². The van der Waals surface area contributed by atoms with Gasteiger partial charge in [-0.2, -0.15) is 5.26 Å². The molecule has 86 valence electrons. The Kier molecular flexibility index (Phi) is 5.87. The van der Waals surface area contributed by atoms with E-state index in [0.29, 0.717) is 10.9 Å². The Morgan fingerprint density at radius 1 is 1.31 bits per heavy atom. The second-order valence-electron chi connectivity index (χ2n) is 3.52. The first-order chi connectivity index (χ1) is 7.74. The third-order valence-corrected chi connectivity index (χ3v) is 2.82. The molecule has 2 nitrogen and oxygen atoms in total. The predicted octanol–water partition coefficient (Wildman–Crippen LogP) is 4.08. The lowest BCUT2D eigenvalue weighted by molar-refractivity contribution is 0.621. The highest BCUT2D eigenvalue weighted by Gasteiger charge is 1.99. The van der Waals surface area contributed by atoms with Crippen LogP contribution < -0.4 is 5.32 Å². The molecule has 0 heterocycles. The Morgan fingerprint density at radius 3 is 2.81 bits per heavy atom. The van der Waals surface area contributed by atoms with Crippen molar-refractivity contribution in [2.75, 3.05) is 11.9 Å². The summed E-state index contributed by atoms with van der Waals surface area (Å²) in [6.45, 7) is 0.851. The summed E-state index contributed by atoms with van der Waals surface area (Å²) in [5, 5.41) is 11.6. The Hall–Kier alpha value is -1.08. The second kappa shape index (κ2) is 7.24. The minimum atomic E-state index is -0.250. The summed E-state index contributed by atoms with van der Waals surface area (Å²) in [7, 11) is 0. The molecular weight excluding hydrogens is 271 g/mol. The van der Waals surface area contributed by atoms with E-state index >= 15 is 0 Å². The lowest BCUT2D eigenvalue weighted by Crippen LogP contribution is -2.01. The Balaban J connectivity index is 2.22. The van der Waals surface area contributed by atoms with Gasteiger partial charge in [0.05, 0.1) is 10.5 Å². The van der Waals surface area contributed by atoms with Crippen LogP contribution in [0.4, 0.5) is 10.1 Å². The van der Waals surface area contributed by atoms with Crippen molar-refractivity contribution in [3.8, 4) is 6.07 Å². The molecule has 0 saturated carbocycles. The van der Waals surface area contributed by atoms with Gasteiger partial charge < -0.3 is 5.32 Å². The van der Waals surface area contributed by atoms with Crippen molar-refractivity contribution in [1.82, 2.24) is 0 Å². The van der Waals surface area contributed by atoms with Crippen LogP contribution in [0.1, 0.15) is 25.7 Å². The van der Waals surface area contributed by atoms with Crippen molar-refractivity contribution in [2.24, 2.45) is 0 Å². The Labute approximate surface area is 104 Å². The van der Waals surface area contributed by atoms with Gasteiger partial charge in [-0.25, -0.2) is 4.39 Å². The van der Waals surface area contributed by atoms with Crippen LogP contribution in [0.15, 0.2) is 22.7 Å². The summed E-state index contributed by atoms with van der Waals surface area (Å²) in [4.78, 5) is 0. The van der Waals surface area contributed by atoms with Crippen molar-refractivity contribution in [2.45, 2.75) is 25.7 Å². The summed E-state index contributed by atoms with van der Waals surface area (Å²) >= 11 is 3.14. The van der Waals surface area contributed by atoms with E-state index in [0.717, 1.165) is 31.5 Å². The van der Waals surface area contributed by atoms with Crippen LogP contribution in [-0.4, -0.2) is 6.54 Å². The molecule has 16 heavy (non-hydrogen) atoms. The molecule has 1 rings (SSSR count). The molecule has 0 aliphatic carbocycles. The smallest absolute Gasteiger partial charge is 0.137 e. The standard InChI is InChI=1S/C12H14BrFN2/c13-11-9-10(5-6-12(11)14)16-8-4-2-1-3-7-15/h5-6,9,16H,1-4,8H2. The maximum atomic E-state index is 12.9. The van der Waals surface area contributed by atoms with Gasteiger partial charge in [-0.05, 0) is 47.0 Å². The molecule has 0 aliphatic rings. The fourth-order valence-electron chi connectivity index (χ4n) is 1.34. The van der Waals surface area contributed by atoms with Crippen LogP contribution >= 0.6 is 15.9 Å². The number of anilines is 1. The third-order valence-electron chi connectivity index (χ3n) is 2.21. The van der Waals surface area contributed by atoms with E-state index in [9.17, 15) is 4.39 Å². The van der Waals surface area contributed by atoms with Gasteiger partial charge in [-0.3, -0.25) is 0 Å². The van der Waals surface area contributed by atoms with Crippen molar-refractivity contribution < 1.29 is 4.39 Å². The van der Waals surface area contributed by atoms with Crippen LogP contribution in [0.5, 0.6) is 0 Å². The molecule has 0 aliphatic heterocycles. The number of nitrogens with one attached hydrogen (secondary N) is 1. The molecule has 0 atom stereocenters. The first kappa shape index (κ1) is 13.0. The van der Waals surface area contributed by atoms with Crippen LogP contribution in [0.25, 0.3) is 0 Å². The van der Waals surface area contributed by atoms with E-state index in [4.69, 9.17) is 5.26 Å². The van der Waals surface area contributed by atoms with Gasteiger partial charge in [0, 0.05) is 18.7 Å². The molecule has 0 amide bonds. The molecule has 0 unspecified atom stereocenters. The Bertz CT molecular complexity index is 374. The maximum Gasteiger partial charge on any atom is 0.137 e. The summed E-state index contributed by atoms with van der Waals surface area (Å²) in [5.41, 5.74) is 0.911. The molecule has 0 bridgehead atoms. The number of hydrogen-bond donors (Lipinski definition) is 1. The maximum absolute atomic E-state index is 12.9. The number of rotatable bonds is 6. The first-order valence-corrected chi connectivity index (χ1v) is 6.09. The van der Waals surface area contributed by atoms with E-state index in [-0.39, 0.29) is 5.82 Å². The van der Waals surface area contributed by atoms with Gasteiger partial charge in [0.25, 0.3) is 0 Å². The van der Waals surface area contributed by atoms with E-state index < -0.39 is 0 Å². The SMILES string of the molecule is N#CCCCCCNc1ccc(F)c(Br)c1. The molecular formula is C12H14BrFN2. The van der Waals surface area contributed by atoms with Gasteiger partial charge in [-0.15, -0.1) is 0 Å². The van der Waals surface area contributed by atoms with Crippen molar-refractivity contribution in [1.29, 1.82) is 5.26 Å². The van der Waals surface area contributed by atoms with E-state index in [1.807, 2.05) is 0 Å².